The number of anilines is 2. The summed E-state index contributed by atoms with van der Waals surface area (Å²) in [6, 6.07) is 19.6. The van der Waals surface area contributed by atoms with Gasteiger partial charge in [0.15, 0.2) is 0 Å². The van der Waals surface area contributed by atoms with Gasteiger partial charge in [0.05, 0.1) is 5.69 Å². The number of benzene rings is 2. The molecule has 2 heterocycles. The van der Waals surface area contributed by atoms with E-state index in [2.05, 4.69) is 146 Å². The average molecular weight is 793 g/mol. The van der Waals surface area contributed by atoms with Gasteiger partial charge in [-0.15, -0.1) is 6.58 Å². The average Bonchev–Trinajstić information content (AvgIpc) is 3.27. The van der Waals surface area contributed by atoms with Crippen molar-refractivity contribution in [3.8, 4) is 0 Å². The molecule has 1 aromatic heterocycles. The summed E-state index contributed by atoms with van der Waals surface area (Å²) < 4.78 is 0. The molecule has 0 unspecified atom stereocenters. The van der Waals surface area contributed by atoms with E-state index in [1.54, 1.807) is 13.1 Å². The lowest BCUT2D eigenvalue weighted by Crippen LogP contribution is -2.26. The van der Waals surface area contributed by atoms with Crippen LogP contribution in [0.15, 0.2) is 199 Å². The molecule has 59 heavy (non-hydrogen) atoms. The molecule has 4 nitrogen and oxygen atoms in total. The summed E-state index contributed by atoms with van der Waals surface area (Å²) in [5.41, 5.74) is 12.6. The Morgan fingerprint density at radius 2 is 1.36 bits per heavy atom. The van der Waals surface area contributed by atoms with E-state index in [0.717, 1.165) is 59.7 Å². The fourth-order valence-corrected chi connectivity index (χ4v) is 5.43. The van der Waals surface area contributed by atoms with Gasteiger partial charge < -0.3 is 15.2 Å². The molecule has 0 saturated carbocycles. The Morgan fingerprint density at radius 3 is 1.90 bits per heavy atom. The number of hydrogen-bond donors (Lipinski definition) is 1. The van der Waals surface area contributed by atoms with Crippen LogP contribution in [0.3, 0.4) is 0 Å². The van der Waals surface area contributed by atoms with Crippen molar-refractivity contribution in [1.29, 1.82) is 0 Å². The fourth-order valence-electron chi connectivity index (χ4n) is 5.43. The van der Waals surface area contributed by atoms with Crippen LogP contribution in [0.2, 0.25) is 0 Å². The molecule has 0 bridgehead atoms. The van der Waals surface area contributed by atoms with Crippen molar-refractivity contribution >= 4 is 24.2 Å². The molecule has 3 aromatic rings. The van der Waals surface area contributed by atoms with E-state index < -0.39 is 0 Å². The molecule has 0 saturated heterocycles. The van der Waals surface area contributed by atoms with Crippen molar-refractivity contribution in [3.63, 3.8) is 0 Å². The van der Waals surface area contributed by atoms with Crippen LogP contribution in [0.4, 0.5) is 11.4 Å². The molecule has 1 N–H and O–H groups in total. The number of allylic oxidation sites excluding steroid dienone is 14. The number of hydrogen-bond acceptors (Lipinski definition) is 4. The summed E-state index contributed by atoms with van der Waals surface area (Å²) in [6.45, 7) is 39.9. The van der Waals surface area contributed by atoms with Crippen molar-refractivity contribution in [3.05, 3.63) is 217 Å². The Hall–Kier alpha value is -6.00. The minimum Gasteiger partial charge on any atom is -0.355 e. The molecule has 0 fully saturated rings. The Morgan fingerprint density at radius 1 is 0.797 bits per heavy atom. The van der Waals surface area contributed by atoms with Crippen molar-refractivity contribution in [2.75, 3.05) is 23.8 Å². The van der Waals surface area contributed by atoms with Gasteiger partial charge in [0.1, 0.15) is 0 Å². The molecule has 0 spiro atoms. The van der Waals surface area contributed by atoms with Crippen molar-refractivity contribution in [2.45, 2.75) is 88.5 Å². The number of nitrogens with zero attached hydrogens (tertiary/aromatic N) is 3. The summed E-state index contributed by atoms with van der Waals surface area (Å²) >= 11 is 0. The standard InChI is InChI=1S/C44H47N3.C3H6.C2H5N.3C2H6/c1-7-11-12-13-14-16-40(9-3)43(10-4)46-42-25-23-39(24-26-42)31-38-21-19-37(20-22-38)30-36(15-8-2)18-17-35(6)47-33-34(5)29-41-32-45-28-27-44(41)47;2*1-3-2;3*1-2/h7,9-29,32,46H,3-4,6,8,30-31,33H2,1-2,5H3;3H,1H2,2H3;1H2,2H3;3*1-2H3/b11-7-,13-12-,16-14+,18-17-,36-15+,43-40-;;;;;. The van der Waals surface area contributed by atoms with E-state index in [9.17, 15) is 0 Å². The number of pyridine rings is 1. The van der Waals surface area contributed by atoms with E-state index in [-0.39, 0.29) is 0 Å². The second kappa shape index (κ2) is 36.3. The number of nitrogens with one attached hydrogen (secondary N) is 1. The molecule has 0 amide bonds. The molecule has 1 aliphatic rings. The highest BCUT2D eigenvalue weighted by Crippen LogP contribution is 2.30. The van der Waals surface area contributed by atoms with Gasteiger partial charge in [-0.1, -0.05) is 177 Å². The smallest absolute Gasteiger partial charge is 0.0518 e. The van der Waals surface area contributed by atoms with Gasteiger partial charge in [-0.2, -0.15) is 0 Å². The molecule has 1 aliphatic heterocycles. The third-order valence-electron chi connectivity index (χ3n) is 7.84. The Kier molecular flexibility index (Phi) is 33.9. The highest BCUT2D eigenvalue weighted by molar-refractivity contribution is 5.75. The number of fused-ring (bicyclic) bond motifs is 1. The first-order valence-electron chi connectivity index (χ1n) is 21.0. The maximum Gasteiger partial charge on any atom is 0.0518 e. The molecule has 0 atom stereocenters. The van der Waals surface area contributed by atoms with E-state index in [1.165, 1.54) is 27.8 Å². The summed E-state index contributed by atoms with van der Waals surface area (Å²) in [6.07, 6.45) is 32.8. The quantitative estimate of drug-likeness (QED) is 0.0947. The molecule has 316 valence electrons. The number of rotatable bonds is 15. The Labute approximate surface area is 361 Å². The van der Waals surface area contributed by atoms with Gasteiger partial charge in [-0.25, -0.2) is 0 Å². The normalized spacial score (nSPS) is 11.9. The zero-order chi connectivity index (χ0) is 44.8. The monoisotopic (exact) mass is 793 g/mol. The minimum atomic E-state index is 0.837. The maximum atomic E-state index is 4.40. The van der Waals surface area contributed by atoms with Crippen LogP contribution in [0, 0.1) is 0 Å². The lowest BCUT2D eigenvalue weighted by Gasteiger charge is -2.30. The van der Waals surface area contributed by atoms with Gasteiger partial charge in [0, 0.05) is 48.6 Å². The van der Waals surface area contributed by atoms with E-state index in [0.29, 0.717) is 0 Å². The first-order valence-corrected chi connectivity index (χ1v) is 21.0. The maximum absolute atomic E-state index is 4.40. The van der Waals surface area contributed by atoms with Gasteiger partial charge >= 0.3 is 0 Å². The first-order chi connectivity index (χ1) is 28.8. The van der Waals surface area contributed by atoms with E-state index in [1.807, 2.05) is 116 Å². The molecular formula is C55H76N4. The molecular weight excluding hydrogens is 717 g/mol. The largest absolute Gasteiger partial charge is 0.355 e. The lowest BCUT2D eigenvalue weighted by molar-refractivity contribution is 0.978. The zero-order valence-electron chi connectivity index (χ0n) is 38.6. The number of aliphatic imine (C=N–C) groups is 1. The predicted octanol–water partition coefficient (Wildman–Crippen LogP) is 15.9. The van der Waals surface area contributed by atoms with Crippen molar-refractivity contribution in [1.82, 2.24) is 4.98 Å². The summed E-state index contributed by atoms with van der Waals surface area (Å²) in [5, 5.41) is 3.48. The molecule has 0 radical (unpaired) electrons. The fraction of sp³-hybridized carbons (Fsp3) is 0.273. The topological polar surface area (TPSA) is 40.5 Å². The third kappa shape index (κ3) is 22.5. The van der Waals surface area contributed by atoms with Crippen LogP contribution in [0.1, 0.15) is 97.9 Å². The van der Waals surface area contributed by atoms with Gasteiger partial charge in [-0.05, 0) is 105 Å². The van der Waals surface area contributed by atoms with Gasteiger partial charge in [0.2, 0.25) is 0 Å². The van der Waals surface area contributed by atoms with Gasteiger partial charge in [0.25, 0.3) is 0 Å². The van der Waals surface area contributed by atoms with Crippen LogP contribution in [-0.2, 0) is 12.8 Å². The summed E-state index contributed by atoms with van der Waals surface area (Å²) in [5.74, 6) is 0. The summed E-state index contributed by atoms with van der Waals surface area (Å²) in [4.78, 5) is 9.81. The minimum absolute atomic E-state index is 0.837. The first kappa shape index (κ1) is 55.1. The highest BCUT2D eigenvalue weighted by atomic mass is 15.1. The number of aromatic nitrogens is 1. The summed E-state index contributed by atoms with van der Waals surface area (Å²) in [7, 11) is 1.64. The van der Waals surface area contributed by atoms with Gasteiger partial charge in [-0.3, -0.25) is 4.98 Å². The van der Waals surface area contributed by atoms with E-state index in [4.69, 9.17) is 0 Å². The predicted molar refractivity (Wildman–Crippen MR) is 271 cm³/mol. The van der Waals surface area contributed by atoms with Crippen LogP contribution in [0.25, 0.3) is 6.08 Å². The molecule has 2 aromatic carbocycles. The Bertz CT molecular complexity index is 1850. The Balaban J connectivity index is 0. The lowest BCUT2D eigenvalue weighted by atomic mass is 9.99. The second-order valence-electron chi connectivity index (χ2n) is 12.3. The van der Waals surface area contributed by atoms with Crippen LogP contribution >= 0.6 is 0 Å². The zero-order valence-corrected chi connectivity index (χ0v) is 38.6. The van der Waals surface area contributed by atoms with Crippen LogP contribution in [-0.4, -0.2) is 25.3 Å². The molecule has 4 heteroatoms. The molecule has 4 rings (SSSR count). The second-order valence-corrected chi connectivity index (χ2v) is 12.3. The SMILES string of the molecule is C=CC.C=CC(/C=C/C=C\C=C/C)=C(\C=C)Nc1ccc(Cc2ccc(CC(/C=C\C(=C)N3CC(C)=Cc4cnccc43)=C/CC)cc2)cc1.C=NC.CC.CC.CC. The molecule has 0 aliphatic carbocycles. The highest BCUT2D eigenvalue weighted by Gasteiger charge is 2.17. The van der Waals surface area contributed by atoms with Crippen LogP contribution < -0.4 is 10.2 Å². The van der Waals surface area contributed by atoms with Crippen molar-refractivity contribution < 1.29 is 0 Å². The van der Waals surface area contributed by atoms with E-state index >= 15 is 0 Å². The van der Waals surface area contributed by atoms with Crippen molar-refractivity contribution in [2.24, 2.45) is 4.99 Å². The third-order valence-corrected chi connectivity index (χ3v) is 7.84. The van der Waals surface area contributed by atoms with Crippen LogP contribution in [0.5, 0.6) is 0 Å².